The van der Waals surface area contributed by atoms with E-state index in [0.29, 0.717) is 57.5 Å². The second kappa shape index (κ2) is 14.3. The quantitative estimate of drug-likeness (QED) is 0.319. The molecule has 0 amide bonds. The molecule has 2 aromatic rings. The molecule has 0 spiro atoms. The Bertz CT molecular complexity index is 1060. The minimum atomic E-state index is -0.630. The third-order valence-electron chi connectivity index (χ3n) is 8.96. The maximum absolute atomic E-state index is 15.4. The first-order valence-electron chi connectivity index (χ1n) is 14.9. The maximum Gasteiger partial charge on any atom is 0.176 e. The Kier molecular flexibility index (Phi) is 10.8. The molecule has 0 bridgehead atoms. The fraction of sp³-hybridized carbons (Fsp3) is 0.606. The molecule has 0 aliphatic carbocycles. The van der Waals surface area contributed by atoms with Gasteiger partial charge >= 0.3 is 0 Å². The number of likely N-dealkylation sites (tertiary alicyclic amines) is 2. The number of ketones is 1. The molecule has 2 unspecified atom stereocenters. The number of Topliss-reactive ketones (excluding diaryl/α,β-unsaturated/α-hetero) is 1. The minimum Gasteiger partial charge on any atom is -0.496 e. The number of hydrogen-bond donors (Lipinski definition) is 0. The van der Waals surface area contributed by atoms with E-state index in [1.807, 2.05) is 24.3 Å². The number of benzene rings is 2. The smallest absolute Gasteiger partial charge is 0.176 e. The van der Waals surface area contributed by atoms with Crippen molar-refractivity contribution in [3.05, 3.63) is 35.4 Å². The minimum absolute atomic E-state index is 0.0302. The summed E-state index contributed by atoms with van der Waals surface area (Å²) in [6.07, 6.45) is 4.02. The lowest BCUT2D eigenvalue weighted by molar-refractivity contribution is -0.131. The van der Waals surface area contributed by atoms with Gasteiger partial charge in [-0.25, -0.2) is 0 Å². The van der Waals surface area contributed by atoms with E-state index in [-0.39, 0.29) is 5.78 Å². The van der Waals surface area contributed by atoms with E-state index < -0.39 is 12.1 Å². The zero-order valence-electron chi connectivity index (χ0n) is 26.5. The highest BCUT2D eigenvalue weighted by molar-refractivity contribution is 5.94. The standard InChI is InChI=1S/C33H48N2O7/c1-21-9-13-34(14-10-21)31(29-25(39-5)17-23(37-3)18-26(29)40-6)33(36)32(35-15-11-22(2)12-16-35)30-27(41-7)19-24(38-4)20-28(30)42-8/h17-22,31-32H,9-16H2,1-8H3. The van der Waals surface area contributed by atoms with Crippen molar-refractivity contribution in [2.75, 3.05) is 68.8 Å². The third-order valence-corrected chi connectivity index (χ3v) is 8.96. The van der Waals surface area contributed by atoms with Crippen molar-refractivity contribution in [1.82, 2.24) is 9.80 Å². The van der Waals surface area contributed by atoms with Crippen LogP contribution in [-0.4, -0.2) is 84.4 Å². The van der Waals surface area contributed by atoms with Crippen molar-refractivity contribution in [2.24, 2.45) is 11.8 Å². The Hall–Kier alpha value is -3.17. The lowest BCUT2D eigenvalue weighted by Crippen LogP contribution is -2.47. The van der Waals surface area contributed by atoms with Gasteiger partial charge in [-0.15, -0.1) is 0 Å². The summed E-state index contributed by atoms with van der Waals surface area (Å²) in [5.41, 5.74) is 1.42. The summed E-state index contributed by atoms with van der Waals surface area (Å²) in [6, 6.07) is 6.06. The van der Waals surface area contributed by atoms with Crippen LogP contribution in [0.5, 0.6) is 34.5 Å². The largest absolute Gasteiger partial charge is 0.496 e. The van der Waals surface area contributed by atoms with Crippen LogP contribution in [0.1, 0.15) is 62.7 Å². The number of piperidine rings is 2. The van der Waals surface area contributed by atoms with E-state index >= 15 is 4.79 Å². The van der Waals surface area contributed by atoms with Crippen molar-refractivity contribution in [3.8, 4) is 34.5 Å². The number of carbonyl (C=O) groups excluding carboxylic acids is 1. The maximum atomic E-state index is 15.4. The molecular formula is C33H48N2O7. The molecular weight excluding hydrogens is 536 g/mol. The fourth-order valence-corrected chi connectivity index (χ4v) is 6.34. The summed E-state index contributed by atoms with van der Waals surface area (Å²) in [5, 5.41) is 0. The van der Waals surface area contributed by atoms with Gasteiger partial charge in [0, 0.05) is 24.3 Å². The number of methoxy groups -OCH3 is 6. The van der Waals surface area contributed by atoms with E-state index in [9.17, 15) is 0 Å². The fourth-order valence-electron chi connectivity index (χ4n) is 6.34. The summed E-state index contributed by atoms with van der Waals surface area (Å²) in [4.78, 5) is 20.0. The summed E-state index contributed by atoms with van der Waals surface area (Å²) in [5.74, 6) is 4.66. The van der Waals surface area contributed by atoms with Gasteiger partial charge in [-0.05, 0) is 63.7 Å². The Morgan fingerprint density at radius 1 is 0.571 bits per heavy atom. The van der Waals surface area contributed by atoms with Crippen molar-refractivity contribution >= 4 is 5.78 Å². The monoisotopic (exact) mass is 584 g/mol. The van der Waals surface area contributed by atoms with Gasteiger partial charge in [0.2, 0.25) is 0 Å². The molecule has 2 aliphatic heterocycles. The first-order valence-corrected chi connectivity index (χ1v) is 14.9. The summed E-state index contributed by atoms with van der Waals surface area (Å²) >= 11 is 0. The molecule has 9 heteroatoms. The van der Waals surface area contributed by atoms with Gasteiger partial charge < -0.3 is 28.4 Å². The van der Waals surface area contributed by atoms with Crippen LogP contribution in [-0.2, 0) is 4.79 Å². The van der Waals surface area contributed by atoms with Crippen LogP contribution in [0.25, 0.3) is 0 Å². The Labute approximate surface area is 251 Å². The molecule has 2 aromatic carbocycles. The predicted molar refractivity (Wildman–Crippen MR) is 163 cm³/mol. The molecule has 2 heterocycles. The van der Waals surface area contributed by atoms with Crippen LogP contribution in [0, 0.1) is 11.8 Å². The third kappa shape index (κ3) is 6.57. The van der Waals surface area contributed by atoms with Gasteiger partial charge in [-0.2, -0.15) is 0 Å². The highest BCUT2D eigenvalue weighted by atomic mass is 16.5. The number of nitrogens with zero attached hydrogens (tertiary/aromatic N) is 2. The highest BCUT2D eigenvalue weighted by Crippen LogP contribution is 2.48. The predicted octanol–water partition coefficient (Wildman–Crippen LogP) is 5.55. The molecule has 0 saturated carbocycles. The Morgan fingerprint density at radius 3 is 1.10 bits per heavy atom. The average Bonchev–Trinajstić information content (AvgIpc) is 3.02. The first kappa shape index (κ1) is 31.8. The zero-order chi connectivity index (χ0) is 30.4. The second-order valence-corrected chi connectivity index (χ2v) is 11.5. The Balaban J connectivity index is 1.96. The molecule has 4 rings (SSSR count). The summed E-state index contributed by atoms with van der Waals surface area (Å²) in [6.45, 7) is 7.70. The lowest BCUT2D eigenvalue weighted by atomic mass is 9.85. The first-order chi connectivity index (χ1) is 20.3. The van der Waals surface area contributed by atoms with E-state index in [2.05, 4.69) is 23.6 Å². The summed E-state index contributed by atoms with van der Waals surface area (Å²) < 4.78 is 34.8. The number of rotatable bonds is 12. The van der Waals surface area contributed by atoms with Crippen LogP contribution in [0.4, 0.5) is 0 Å². The number of carbonyl (C=O) groups is 1. The molecule has 9 nitrogen and oxygen atoms in total. The normalized spacial score (nSPS) is 18.7. The van der Waals surface area contributed by atoms with Crippen LogP contribution in [0.15, 0.2) is 24.3 Å². The van der Waals surface area contributed by atoms with Crippen LogP contribution < -0.4 is 28.4 Å². The molecule has 42 heavy (non-hydrogen) atoms. The molecule has 0 aromatic heterocycles. The van der Waals surface area contributed by atoms with E-state index in [1.165, 1.54) is 0 Å². The topological polar surface area (TPSA) is 78.9 Å². The van der Waals surface area contributed by atoms with E-state index in [0.717, 1.165) is 51.9 Å². The van der Waals surface area contributed by atoms with Gasteiger partial charge in [0.05, 0.1) is 53.8 Å². The molecule has 2 atom stereocenters. The lowest BCUT2D eigenvalue weighted by Gasteiger charge is -2.42. The average molecular weight is 585 g/mol. The van der Waals surface area contributed by atoms with Gasteiger partial charge in [0.25, 0.3) is 0 Å². The SMILES string of the molecule is COc1cc(OC)c(C(C(=O)C(c2c(OC)cc(OC)cc2OC)N2CCC(C)CC2)N2CCC(C)CC2)c(OC)c1. The Morgan fingerprint density at radius 2 is 0.857 bits per heavy atom. The second-order valence-electron chi connectivity index (χ2n) is 11.5. The van der Waals surface area contributed by atoms with Gasteiger partial charge in [-0.1, -0.05) is 13.8 Å². The van der Waals surface area contributed by atoms with Gasteiger partial charge in [0.1, 0.15) is 46.6 Å². The number of hydrogen-bond acceptors (Lipinski definition) is 9. The van der Waals surface area contributed by atoms with Crippen molar-refractivity contribution < 1.29 is 33.2 Å². The van der Waals surface area contributed by atoms with Crippen molar-refractivity contribution in [3.63, 3.8) is 0 Å². The molecule has 2 aliphatic rings. The molecule has 232 valence electrons. The molecule has 2 fully saturated rings. The van der Waals surface area contributed by atoms with Crippen molar-refractivity contribution in [2.45, 2.75) is 51.6 Å². The van der Waals surface area contributed by atoms with E-state index in [4.69, 9.17) is 28.4 Å². The van der Waals surface area contributed by atoms with E-state index in [1.54, 1.807) is 42.7 Å². The van der Waals surface area contributed by atoms with Crippen LogP contribution in [0.2, 0.25) is 0 Å². The van der Waals surface area contributed by atoms with Crippen LogP contribution >= 0.6 is 0 Å². The molecule has 2 saturated heterocycles. The van der Waals surface area contributed by atoms with Crippen LogP contribution in [0.3, 0.4) is 0 Å². The van der Waals surface area contributed by atoms with Crippen molar-refractivity contribution in [1.29, 1.82) is 0 Å². The highest BCUT2D eigenvalue weighted by Gasteiger charge is 2.43. The molecule has 0 radical (unpaired) electrons. The molecule has 0 N–H and O–H groups in total. The van der Waals surface area contributed by atoms with Gasteiger partial charge in [0.15, 0.2) is 5.78 Å². The number of ether oxygens (including phenoxy) is 6. The zero-order valence-corrected chi connectivity index (χ0v) is 26.5. The summed E-state index contributed by atoms with van der Waals surface area (Å²) in [7, 11) is 9.70. The van der Waals surface area contributed by atoms with Gasteiger partial charge in [-0.3, -0.25) is 14.6 Å².